The van der Waals surface area contributed by atoms with Crippen LogP contribution in [-0.2, 0) is 16.0 Å². The number of nitrogens with one attached hydrogen (secondary N) is 1. The van der Waals surface area contributed by atoms with Crippen LogP contribution in [0.3, 0.4) is 0 Å². The molecule has 1 amide bonds. The summed E-state index contributed by atoms with van der Waals surface area (Å²) >= 11 is 0. The van der Waals surface area contributed by atoms with Gasteiger partial charge >= 0.3 is 5.97 Å². The lowest BCUT2D eigenvalue weighted by Gasteiger charge is -2.13. The van der Waals surface area contributed by atoms with Crippen LogP contribution in [0, 0.1) is 6.92 Å². The maximum Gasteiger partial charge on any atom is 0.343 e. The number of aromatic nitrogens is 3. The van der Waals surface area contributed by atoms with E-state index in [2.05, 4.69) is 10.4 Å². The third-order valence-electron chi connectivity index (χ3n) is 5.16. The van der Waals surface area contributed by atoms with Crippen molar-refractivity contribution in [1.29, 1.82) is 0 Å². The third-order valence-corrected chi connectivity index (χ3v) is 5.16. The van der Waals surface area contributed by atoms with Crippen molar-refractivity contribution in [3.8, 4) is 11.6 Å². The molecule has 0 unspecified atom stereocenters. The smallest absolute Gasteiger partial charge is 0.343 e. The number of pyridine rings is 1. The molecule has 8 heteroatoms. The van der Waals surface area contributed by atoms with Crippen LogP contribution in [-0.4, -0.2) is 40.4 Å². The maximum absolute atomic E-state index is 12.8. The number of esters is 1. The molecular weight excluding hydrogens is 420 g/mol. The molecule has 2 aromatic carbocycles. The first-order chi connectivity index (χ1) is 16.0. The first kappa shape index (κ1) is 22.0. The van der Waals surface area contributed by atoms with Gasteiger partial charge in [0.1, 0.15) is 16.8 Å². The zero-order valence-corrected chi connectivity index (χ0v) is 18.7. The number of hydrogen-bond donors (Lipinski definition) is 1. The second-order valence-corrected chi connectivity index (χ2v) is 7.40. The number of carbonyl (C=O) groups is 2. The number of hydrogen-bond acceptors (Lipinski definition) is 6. The third kappa shape index (κ3) is 4.55. The predicted octanol–water partition coefficient (Wildman–Crippen LogP) is 4.10. The van der Waals surface area contributed by atoms with Crippen LogP contribution in [0.15, 0.2) is 60.8 Å². The lowest BCUT2D eigenvalue weighted by atomic mass is 10.1. The van der Waals surface area contributed by atoms with Crippen LogP contribution in [0.2, 0.25) is 0 Å². The molecule has 0 aliphatic heterocycles. The van der Waals surface area contributed by atoms with Gasteiger partial charge in [0.15, 0.2) is 11.6 Å². The van der Waals surface area contributed by atoms with Gasteiger partial charge in [0.05, 0.1) is 26.3 Å². The Bertz CT molecular complexity index is 1310. The Morgan fingerprint density at radius 2 is 1.88 bits per heavy atom. The van der Waals surface area contributed by atoms with Gasteiger partial charge < -0.3 is 14.8 Å². The lowest BCUT2D eigenvalue weighted by molar-refractivity contribution is -0.115. The fraction of sp³-hybridized carbons (Fsp3) is 0.200. The molecule has 0 spiro atoms. The number of para-hydroxylation sites is 1. The number of anilines is 1. The summed E-state index contributed by atoms with van der Waals surface area (Å²) in [4.78, 5) is 30.1. The second kappa shape index (κ2) is 9.52. The van der Waals surface area contributed by atoms with E-state index < -0.39 is 5.97 Å². The summed E-state index contributed by atoms with van der Waals surface area (Å²) in [6.07, 6.45) is 1.52. The Morgan fingerprint density at radius 3 is 2.61 bits per heavy atom. The summed E-state index contributed by atoms with van der Waals surface area (Å²) in [5, 5.41) is 8.12. The monoisotopic (exact) mass is 444 g/mol. The molecule has 0 radical (unpaired) electrons. The van der Waals surface area contributed by atoms with E-state index in [9.17, 15) is 9.59 Å². The van der Waals surface area contributed by atoms with E-state index in [0.29, 0.717) is 17.1 Å². The molecule has 1 N–H and O–H groups in total. The number of nitrogens with zero attached hydrogens (tertiary/aromatic N) is 3. The van der Waals surface area contributed by atoms with Gasteiger partial charge in [-0.3, -0.25) is 4.79 Å². The molecule has 168 valence electrons. The number of methoxy groups -OCH3 is 1. The van der Waals surface area contributed by atoms with E-state index >= 15 is 0 Å². The van der Waals surface area contributed by atoms with Gasteiger partial charge in [-0.15, -0.1) is 0 Å². The molecule has 2 aromatic heterocycles. The molecular formula is C25H24N4O4. The summed E-state index contributed by atoms with van der Waals surface area (Å²) < 4.78 is 12.1. The molecule has 33 heavy (non-hydrogen) atoms. The predicted molar refractivity (Wildman–Crippen MR) is 125 cm³/mol. The Labute approximate surface area is 191 Å². The molecule has 0 atom stereocenters. The molecule has 0 bridgehead atoms. The average Bonchev–Trinajstić information content (AvgIpc) is 3.23. The Balaban J connectivity index is 1.78. The van der Waals surface area contributed by atoms with Gasteiger partial charge in [-0.05, 0) is 37.1 Å². The highest BCUT2D eigenvalue weighted by Gasteiger charge is 2.23. The van der Waals surface area contributed by atoms with Gasteiger partial charge in [-0.25, -0.2) is 9.78 Å². The van der Waals surface area contributed by atoms with E-state index in [0.717, 1.165) is 16.5 Å². The van der Waals surface area contributed by atoms with Crippen molar-refractivity contribution in [2.24, 2.45) is 0 Å². The van der Waals surface area contributed by atoms with Crippen molar-refractivity contribution < 1.29 is 19.1 Å². The Kier molecular flexibility index (Phi) is 6.35. The summed E-state index contributed by atoms with van der Waals surface area (Å²) in [6.45, 7) is 3.87. The lowest BCUT2D eigenvalue weighted by Crippen LogP contribution is -2.20. The normalized spacial score (nSPS) is 10.8. The van der Waals surface area contributed by atoms with Gasteiger partial charge in [0, 0.05) is 5.39 Å². The fourth-order valence-corrected chi connectivity index (χ4v) is 3.61. The minimum atomic E-state index is -0.575. The van der Waals surface area contributed by atoms with Crippen LogP contribution in [0.5, 0.6) is 5.75 Å². The molecule has 4 rings (SSSR count). The Morgan fingerprint density at radius 1 is 1.09 bits per heavy atom. The minimum Gasteiger partial charge on any atom is -0.494 e. The summed E-state index contributed by atoms with van der Waals surface area (Å²) in [6, 6.07) is 16.9. The SMILES string of the molecule is CCOC(=O)c1cnn(-c2cc(C)c3cccc(OC)c3n2)c1NC(=O)Cc1ccccc1. The zero-order valence-electron chi connectivity index (χ0n) is 18.7. The van der Waals surface area contributed by atoms with E-state index in [1.165, 1.54) is 10.9 Å². The van der Waals surface area contributed by atoms with Crippen LogP contribution in [0.1, 0.15) is 28.4 Å². The minimum absolute atomic E-state index is 0.145. The first-order valence-corrected chi connectivity index (χ1v) is 10.6. The van der Waals surface area contributed by atoms with Crippen molar-refractivity contribution in [3.63, 3.8) is 0 Å². The van der Waals surface area contributed by atoms with E-state index in [4.69, 9.17) is 14.5 Å². The molecule has 0 saturated carbocycles. The van der Waals surface area contributed by atoms with Gasteiger partial charge in [0.25, 0.3) is 0 Å². The van der Waals surface area contributed by atoms with Crippen LogP contribution in [0.25, 0.3) is 16.7 Å². The number of carbonyl (C=O) groups excluding carboxylic acids is 2. The summed E-state index contributed by atoms with van der Waals surface area (Å²) in [7, 11) is 1.58. The van der Waals surface area contributed by atoms with Crippen LogP contribution >= 0.6 is 0 Å². The fourth-order valence-electron chi connectivity index (χ4n) is 3.61. The highest BCUT2D eigenvalue weighted by atomic mass is 16.5. The molecule has 0 aliphatic rings. The van der Waals surface area contributed by atoms with Gasteiger partial charge in [0.2, 0.25) is 5.91 Å². The molecule has 0 fully saturated rings. The topological polar surface area (TPSA) is 95.3 Å². The highest BCUT2D eigenvalue weighted by Crippen LogP contribution is 2.29. The molecule has 2 heterocycles. The molecule has 0 aliphatic carbocycles. The molecule has 4 aromatic rings. The summed E-state index contributed by atoms with van der Waals surface area (Å²) in [5.74, 6) is 0.396. The van der Waals surface area contributed by atoms with Crippen LogP contribution < -0.4 is 10.1 Å². The number of fused-ring (bicyclic) bond motifs is 1. The quantitative estimate of drug-likeness (QED) is 0.431. The van der Waals surface area contributed by atoms with Gasteiger partial charge in [-0.1, -0.05) is 42.5 Å². The van der Waals surface area contributed by atoms with Crippen molar-refractivity contribution in [3.05, 3.63) is 77.5 Å². The van der Waals surface area contributed by atoms with E-state index in [-0.39, 0.29) is 30.3 Å². The number of ether oxygens (including phenoxy) is 2. The number of rotatable bonds is 7. The first-order valence-electron chi connectivity index (χ1n) is 10.6. The van der Waals surface area contributed by atoms with Crippen molar-refractivity contribution in [2.75, 3.05) is 19.0 Å². The second-order valence-electron chi connectivity index (χ2n) is 7.40. The van der Waals surface area contributed by atoms with Crippen molar-refractivity contribution >= 4 is 28.6 Å². The largest absolute Gasteiger partial charge is 0.494 e. The molecule has 0 saturated heterocycles. The standard InChI is InChI=1S/C25H24N4O4/c1-4-33-25(31)19-15-26-29(24(19)28-22(30)14-17-9-6-5-7-10-17)21-13-16(2)18-11-8-12-20(32-3)23(18)27-21/h5-13,15H,4,14H2,1-3H3,(H,28,30). The highest BCUT2D eigenvalue weighted by molar-refractivity contribution is 6.01. The maximum atomic E-state index is 12.8. The number of benzene rings is 2. The summed E-state index contributed by atoms with van der Waals surface area (Å²) in [5.41, 5.74) is 2.61. The van der Waals surface area contributed by atoms with Crippen LogP contribution in [0.4, 0.5) is 5.82 Å². The Hall–Kier alpha value is -4.20. The van der Waals surface area contributed by atoms with E-state index in [1.54, 1.807) is 14.0 Å². The van der Waals surface area contributed by atoms with Crippen molar-refractivity contribution in [2.45, 2.75) is 20.3 Å². The number of amides is 1. The van der Waals surface area contributed by atoms with Gasteiger partial charge in [-0.2, -0.15) is 9.78 Å². The average molecular weight is 444 g/mol. The van der Waals surface area contributed by atoms with E-state index in [1.807, 2.05) is 61.5 Å². The zero-order chi connectivity index (χ0) is 23.4. The van der Waals surface area contributed by atoms with Crippen molar-refractivity contribution in [1.82, 2.24) is 14.8 Å². The number of aryl methyl sites for hydroxylation is 1. The molecule has 8 nitrogen and oxygen atoms in total.